The summed E-state index contributed by atoms with van der Waals surface area (Å²) in [5.74, 6) is 0.587. The van der Waals surface area contributed by atoms with Crippen molar-refractivity contribution in [2.45, 2.75) is 40.0 Å². The van der Waals surface area contributed by atoms with Crippen molar-refractivity contribution in [1.29, 1.82) is 0 Å². The van der Waals surface area contributed by atoms with Crippen molar-refractivity contribution in [3.8, 4) is 0 Å². The predicted molar refractivity (Wildman–Crippen MR) is 52.4 cm³/mol. The van der Waals surface area contributed by atoms with E-state index in [0.717, 1.165) is 12.1 Å². The largest absolute Gasteiger partial charge is 0.258 e. The van der Waals surface area contributed by atoms with E-state index in [1.54, 1.807) is 0 Å². The number of pyridine rings is 1. The van der Waals surface area contributed by atoms with Gasteiger partial charge in [0, 0.05) is 11.4 Å². The molecule has 0 saturated carbocycles. The summed E-state index contributed by atoms with van der Waals surface area (Å²) in [6, 6.07) is 4.29. The minimum atomic E-state index is 0.587. The van der Waals surface area contributed by atoms with Crippen molar-refractivity contribution in [2.24, 2.45) is 0 Å². The van der Waals surface area contributed by atoms with Gasteiger partial charge in [-0.15, -0.1) is 0 Å². The Kier molecular flexibility index (Phi) is 2.85. The second-order valence-electron chi connectivity index (χ2n) is 3.45. The molecule has 1 aromatic heterocycles. The summed E-state index contributed by atoms with van der Waals surface area (Å²) < 4.78 is 0. The van der Waals surface area contributed by atoms with E-state index in [1.165, 1.54) is 11.3 Å². The fourth-order valence-corrected chi connectivity index (χ4v) is 1.13. The zero-order valence-corrected chi connectivity index (χ0v) is 8.39. The lowest BCUT2D eigenvalue weighted by Crippen LogP contribution is -1.98. The molecule has 1 aromatic rings. The Morgan fingerprint density at radius 1 is 1.33 bits per heavy atom. The third-order valence-corrected chi connectivity index (χ3v) is 2.49. The van der Waals surface area contributed by atoms with Crippen molar-refractivity contribution in [2.75, 3.05) is 0 Å². The number of hydrogen-bond donors (Lipinski definition) is 0. The van der Waals surface area contributed by atoms with Gasteiger partial charge in [-0.2, -0.15) is 0 Å². The number of aromatic nitrogens is 1. The van der Waals surface area contributed by atoms with Crippen LogP contribution in [0.2, 0.25) is 0 Å². The van der Waals surface area contributed by atoms with E-state index in [-0.39, 0.29) is 0 Å². The molecule has 1 heteroatoms. The number of rotatable bonds is 2. The summed E-state index contributed by atoms with van der Waals surface area (Å²) >= 11 is 0. The molecule has 0 amide bonds. The Balaban J connectivity index is 2.96. The maximum atomic E-state index is 4.54. The molecule has 0 aliphatic rings. The van der Waals surface area contributed by atoms with Crippen LogP contribution in [0.1, 0.15) is 43.1 Å². The maximum absolute atomic E-state index is 4.54. The average Bonchev–Trinajstić information content (AvgIpc) is 2.08. The van der Waals surface area contributed by atoms with Crippen LogP contribution in [0.3, 0.4) is 0 Å². The lowest BCUT2D eigenvalue weighted by molar-refractivity contribution is 0.704. The highest BCUT2D eigenvalue weighted by Gasteiger charge is 2.04. The molecule has 1 heterocycles. The van der Waals surface area contributed by atoms with Gasteiger partial charge in [0.15, 0.2) is 0 Å². The Morgan fingerprint density at radius 3 is 2.50 bits per heavy atom. The molecule has 1 rings (SSSR count). The third kappa shape index (κ3) is 1.84. The molecule has 0 fully saturated rings. The monoisotopic (exact) mass is 163 g/mol. The van der Waals surface area contributed by atoms with Gasteiger partial charge in [-0.25, -0.2) is 0 Å². The molecule has 1 nitrogen and oxygen atoms in total. The first-order valence-corrected chi connectivity index (χ1v) is 4.59. The highest BCUT2D eigenvalue weighted by atomic mass is 14.7. The first-order valence-electron chi connectivity index (χ1n) is 4.59. The van der Waals surface area contributed by atoms with Crippen molar-refractivity contribution >= 4 is 0 Å². The van der Waals surface area contributed by atoms with Gasteiger partial charge in [0.1, 0.15) is 0 Å². The summed E-state index contributed by atoms with van der Waals surface area (Å²) in [6.45, 7) is 8.59. The van der Waals surface area contributed by atoms with E-state index in [1.807, 2.05) is 0 Å². The third-order valence-electron chi connectivity index (χ3n) is 2.49. The van der Waals surface area contributed by atoms with Gasteiger partial charge in [0.05, 0.1) is 0 Å². The summed E-state index contributed by atoms with van der Waals surface area (Å²) in [5.41, 5.74) is 3.66. The molecule has 0 aliphatic carbocycles. The van der Waals surface area contributed by atoms with E-state index in [2.05, 4.69) is 44.8 Å². The number of nitrogens with zero attached hydrogens (tertiary/aromatic N) is 1. The molecular weight excluding hydrogens is 146 g/mol. The zero-order valence-electron chi connectivity index (χ0n) is 8.39. The van der Waals surface area contributed by atoms with Crippen molar-refractivity contribution in [3.05, 3.63) is 29.1 Å². The molecule has 12 heavy (non-hydrogen) atoms. The summed E-state index contributed by atoms with van der Waals surface area (Å²) in [5, 5.41) is 0. The SMILES string of the molecule is CCC(C)c1ccc(C)c(C)n1. The van der Waals surface area contributed by atoms with Crippen LogP contribution in [-0.2, 0) is 0 Å². The average molecular weight is 163 g/mol. The zero-order chi connectivity index (χ0) is 9.14. The minimum Gasteiger partial charge on any atom is -0.258 e. The Bertz CT molecular complexity index is 266. The van der Waals surface area contributed by atoms with Crippen molar-refractivity contribution in [1.82, 2.24) is 4.98 Å². The minimum absolute atomic E-state index is 0.587. The second-order valence-corrected chi connectivity index (χ2v) is 3.45. The van der Waals surface area contributed by atoms with Crippen LogP contribution in [0.4, 0.5) is 0 Å². The molecule has 0 saturated heterocycles. The molecule has 0 aliphatic heterocycles. The van der Waals surface area contributed by atoms with Gasteiger partial charge in [0.2, 0.25) is 0 Å². The van der Waals surface area contributed by atoms with Gasteiger partial charge >= 0.3 is 0 Å². The topological polar surface area (TPSA) is 12.9 Å². The summed E-state index contributed by atoms with van der Waals surface area (Å²) in [4.78, 5) is 4.54. The highest BCUT2D eigenvalue weighted by molar-refractivity contribution is 5.21. The van der Waals surface area contributed by atoms with E-state index < -0.39 is 0 Å². The van der Waals surface area contributed by atoms with Crippen LogP contribution in [0.25, 0.3) is 0 Å². The van der Waals surface area contributed by atoms with Gasteiger partial charge in [-0.05, 0) is 37.8 Å². The van der Waals surface area contributed by atoms with Crippen LogP contribution in [0, 0.1) is 13.8 Å². The second kappa shape index (κ2) is 3.70. The molecular formula is C11H17N. The quantitative estimate of drug-likeness (QED) is 0.652. The lowest BCUT2D eigenvalue weighted by Gasteiger charge is -2.09. The first-order chi connectivity index (χ1) is 5.65. The molecule has 0 bridgehead atoms. The molecule has 0 radical (unpaired) electrons. The fraction of sp³-hybridized carbons (Fsp3) is 0.545. The molecule has 1 unspecified atom stereocenters. The molecule has 1 atom stereocenters. The van der Waals surface area contributed by atoms with Gasteiger partial charge in [0.25, 0.3) is 0 Å². The van der Waals surface area contributed by atoms with Crippen molar-refractivity contribution in [3.63, 3.8) is 0 Å². The maximum Gasteiger partial charge on any atom is 0.0435 e. The number of aryl methyl sites for hydroxylation is 2. The van der Waals surface area contributed by atoms with E-state index in [9.17, 15) is 0 Å². The van der Waals surface area contributed by atoms with Crippen LogP contribution < -0.4 is 0 Å². The van der Waals surface area contributed by atoms with Crippen LogP contribution in [0.15, 0.2) is 12.1 Å². The lowest BCUT2D eigenvalue weighted by atomic mass is 10.0. The molecule has 66 valence electrons. The van der Waals surface area contributed by atoms with Gasteiger partial charge in [-0.3, -0.25) is 4.98 Å². The number of hydrogen-bond acceptors (Lipinski definition) is 1. The van der Waals surface area contributed by atoms with Gasteiger partial charge < -0.3 is 0 Å². The van der Waals surface area contributed by atoms with E-state index in [0.29, 0.717) is 5.92 Å². The van der Waals surface area contributed by atoms with Crippen LogP contribution in [-0.4, -0.2) is 4.98 Å². The first kappa shape index (κ1) is 9.24. The summed E-state index contributed by atoms with van der Waals surface area (Å²) in [6.07, 6.45) is 1.16. The van der Waals surface area contributed by atoms with E-state index in [4.69, 9.17) is 0 Å². The molecule has 0 aromatic carbocycles. The Labute approximate surface area is 74.8 Å². The van der Waals surface area contributed by atoms with Gasteiger partial charge in [-0.1, -0.05) is 19.9 Å². The molecule has 0 N–H and O–H groups in total. The Hall–Kier alpha value is -0.850. The standard InChI is InChI=1S/C11H17N/c1-5-8(2)11-7-6-9(3)10(4)12-11/h6-8H,5H2,1-4H3. The van der Waals surface area contributed by atoms with Crippen LogP contribution >= 0.6 is 0 Å². The Morgan fingerprint density at radius 2 is 2.00 bits per heavy atom. The van der Waals surface area contributed by atoms with E-state index >= 15 is 0 Å². The molecule has 0 spiro atoms. The predicted octanol–water partition coefficient (Wildman–Crippen LogP) is 3.21. The highest BCUT2D eigenvalue weighted by Crippen LogP contribution is 2.17. The smallest absolute Gasteiger partial charge is 0.0435 e. The van der Waals surface area contributed by atoms with Crippen LogP contribution in [0.5, 0.6) is 0 Å². The summed E-state index contributed by atoms with van der Waals surface area (Å²) in [7, 11) is 0. The van der Waals surface area contributed by atoms with Crippen molar-refractivity contribution < 1.29 is 0 Å². The normalized spacial score (nSPS) is 13.0. The fourth-order valence-electron chi connectivity index (χ4n) is 1.13.